The predicted octanol–water partition coefficient (Wildman–Crippen LogP) is 2.07. The van der Waals surface area contributed by atoms with Gasteiger partial charge in [0.25, 0.3) is 0 Å². The van der Waals surface area contributed by atoms with Gasteiger partial charge in [-0.3, -0.25) is 9.69 Å². The first kappa shape index (κ1) is 15.9. The molecule has 1 aromatic rings. The number of carbonyl (C=O) groups excluding carboxylic acids is 1. The van der Waals surface area contributed by atoms with Gasteiger partial charge in [-0.25, -0.2) is 0 Å². The van der Waals surface area contributed by atoms with Crippen molar-refractivity contribution in [1.82, 2.24) is 10.2 Å². The molecule has 21 heavy (non-hydrogen) atoms. The van der Waals surface area contributed by atoms with Crippen LogP contribution in [-0.4, -0.2) is 43.7 Å². The smallest absolute Gasteiger partial charge is 0.234 e. The molecule has 1 heterocycles. The summed E-state index contributed by atoms with van der Waals surface area (Å²) in [6, 6.07) is 3.91. The third-order valence-corrected chi connectivity index (χ3v) is 3.25. The Kier molecular flexibility index (Phi) is 5.31. The third kappa shape index (κ3) is 4.51. The summed E-state index contributed by atoms with van der Waals surface area (Å²) >= 11 is 6.20. The molecule has 0 aromatic heterocycles. The van der Waals surface area contributed by atoms with Crippen molar-refractivity contribution in [3.63, 3.8) is 0 Å². The highest BCUT2D eigenvalue weighted by Crippen LogP contribution is 2.38. The molecule has 1 aliphatic heterocycles. The highest BCUT2D eigenvalue weighted by molar-refractivity contribution is 6.32. The van der Waals surface area contributed by atoms with Gasteiger partial charge in [0.05, 0.1) is 11.6 Å². The van der Waals surface area contributed by atoms with E-state index in [2.05, 4.69) is 5.32 Å². The molecule has 0 aliphatic carbocycles. The summed E-state index contributed by atoms with van der Waals surface area (Å²) in [7, 11) is 1.89. The first-order valence-corrected chi connectivity index (χ1v) is 7.39. The van der Waals surface area contributed by atoms with Crippen LogP contribution in [0, 0.1) is 0 Å². The molecule has 0 unspecified atom stereocenters. The zero-order chi connectivity index (χ0) is 15.4. The number of amides is 1. The quantitative estimate of drug-likeness (QED) is 0.904. The van der Waals surface area contributed by atoms with Crippen LogP contribution in [-0.2, 0) is 11.3 Å². The van der Waals surface area contributed by atoms with Crippen LogP contribution in [0.25, 0.3) is 0 Å². The molecule has 1 amide bonds. The van der Waals surface area contributed by atoms with Crippen molar-refractivity contribution in [2.75, 3.05) is 26.8 Å². The fourth-order valence-corrected chi connectivity index (χ4v) is 2.52. The first-order valence-electron chi connectivity index (χ1n) is 7.01. The predicted molar refractivity (Wildman–Crippen MR) is 82.1 cm³/mol. The van der Waals surface area contributed by atoms with E-state index in [1.54, 1.807) is 0 Å². The van der Waals surface area contributed by atoms with Gasteiger partial charge in [-0.2, -0.15) is 0 Å². The first-order chi connectivity index (χ1) is 9.95. The van der Waals surface area contributed by atoms with Gasteiger partial charge in [-0.05, 0) is 38.6 Å². The lowest BCUT2D eigenvalue weighted by Crippen LogP contribution is -2.38. The van der Waals surface area contributed by atoms with Crippen LogP contribution in [0.4, 0.5) is 0 Å². The fourth-order valence-electron chi connectivity index (χ4n) is 2.24. The lowest BCUT2D eigenvalue weighted by atomic mass is 10.2. The molecule has 1 aliphatic rings. The van der Waals surface area contributed by atoms with E-state index in [0.717, 1.165) is 5.56 Å². The molecular weight excluding hydrogens is 292 g/mol. The summed E-state index contributed by atoms with van der Waals surface area (Å²) in [4.78, 5) is 13.7. The van der Waals surface area contributed by atoms with E-state index in [1.165, 1.54) is 0 Å². The average Bonchev–Trinajstić information content (AvgIpc) is 2.37. The number of rotatable bonds is 5. The maximum atomic E-state index is 11.7. The molecule has 0 spiro atoms. The van der Waals surface area contributed by atoms with Crippen molar-refractivity contribution < 1.29 is 14.3 Å². The Morgan fingerprint density at radius 1 is 1.38 bits per heavy atom. The van der Waals surface area contributed by atoms with Crippen LogP contribution in [0.1, 0.15) is 19.4 Å². The average molecular weight is 313 g/mol. The summed E-state index contributed by atoms with van der Waals surface area (Å²) in [5.74, 6) is 1.28. The fraction of sp³-hybridized carbons (Fsp3) is 0.533. The normalized spacial score (nSPS) is 13.6. The number of likely N-dealkylation sites (N-methyl/N-ethyl adjacent to an activating group) is 1. The van der Waals surface area contributed by atoms with Crippen molar-refractivity contribution in [3.8, 4) is 11.5 Å². The van der Waals surface area contributed by atoms with E-state index < -0.39 is 0 Å². The van der Waals surface area contributed by atoms with Gasteiger partial charge in [0.15, 0.2) is 11.5 Å². The number of ether oxygens (including phenoxy) is 2. The van der Waals surface area contributed by atoms with Crippen molar-refractivity contribution >= 4 is 17.5 Å². The van der Waals surface area contributed by atoms with E-state index in [9.17, 15) is 4.79 Å². The highest BCUT2D eigenvalue weighted by Gasteiger charge is 2.17. The van der Waals surface area contributed by atoms with Crippen LogP contribution in [0.5, 0.6) is 11.5 Å². The Morgan fingerprint density at radius 3 is 2.81 bits per heavy atom. The lowest BCUT2D eigenvalue weighted by molar-refractivity contribution is -0.122. The summed E-state index contributed by atoms with van der Waals surface area (Å²) in [5.41, 5.74) is 0.990. The number of fused-ring (bicyclic) bond motifs is 1. The molecule has 6 heteroatoms. The molecule has 0 atom stereocenters. The van der Waals surface area contributed by atoms with E-state index >= 15 is 0 Å². The van der Waals surface area contributed by atoms with E-state index in [0.29, 0.717) is 42.8 Å². The van der Waals surface area contributed by atoms with Gasteiger partial charge >= 0.3 is 0 Å². The number of carbonyl (C=O) groups is 1. The molecule has 2 rings (SSSR count). The Hall–Kier alpha value is -1.46. The third-order valence-electron chi connectivity index (χ3n) is 2.97. The SMILES string of the molecule is CC(C)NC(=O)CN(C)Cc1cc(Cl)c2c(c1)OCCO2. The Labute approximate surface area is 130 Å². The number of nitrogens with one attached hydrogen (secondary N) is 1. The molecule has 0 saturated heterocycles. The van der Waals surface area contributed by atoms with E-state index in [1.807, 2.05) is 37.9 Å². The molecule has 0 fully saturated rings. The molecule has 1 N–H and O–H groups in total. The summed E-state index contributed by atoms with van der Waals surface area (Å²) in [6.45, 7) is 5.88. The minimum absolute atomic E-state index is 0.0103. The molecule has 116 valence electrons. The zero-order valence-corrected chi connectivity index (χ0v) is 13.4. The van der Waals surface area contributed by atoms with Crippen molar-refractivity contribution in [2.24, 2.45) is 0 Å². The van der Waals surface area contributed by atoms with Gasteiger partial charge in [-0.1, -0.05) is 11.6 Å². The molecular formula is C15H21ClN2O3. The van der Waals surface area contributed by atoms with Gasteiger partial charge in [0, 0.05) is 12.6 Å². The lowest BCUT2D eigenvalue weighted by Gasteiger charge is -2.22. The number of hydrogen-bond acceptors (Lipinski definition) is 4. The van der Waals surface area contributed by atoms with E-state index in [-0.39, 0.29) is 11.9 Å². The second-order valence-electron chi connectivity index (χ2n) is 5.50. The second-order valence-corrected chi connectivity index (χ2v) is 5.90. The topological polar surface area (TPSA) is 50.8 Å². The Bertz CT molecular complexity index is 520. The van der Waals surface area contributed by atoms with Crippen molar-refractivity contribution in [1.29, 1.82) is 0 Å². The molecule has 0 saturated carbocycles. The van der Waals surface area contributed by atoms with E-state index in [4.69, 9.17) is 21.1 Å². The highest BCUT2D eigenvalue weighted by atomic mass is 35.5. The van der Waals surface area contributed by atoms with Crippen LogP contribution in [0.2, 0.25) is 5.02 Å². The van der Waals surface area contributed by atoms with Gasteiger partial charge < -0.3 is 14.8 Å². The molecule has 5 nitrogen and oxygen atoms in total. The van der Waals surface area contributed by atoms with Crippen molar-refractivity contribution in [2.45, 2.75) is 26.4 Å². The maximum Gasteiger partial charge on any atom is 0.234 e. The monoisotopic (exact) mass is 312 g/mol. The Morgan fingerprint density at radius 2 is 2.10 bits per heavy atom. The zero-order valence-electron chi connectivity index (χ0n) is 12.6. The molecule has 0 bridgehead atoms. The van der Waals surface area contributed by atoms with Crippen LogP contribution in [0.15, 0.2) is 12.1 Å². The maximum absolute atomic E-state index is 11.7. The summed E-state index contributed by atoms with van der Waals surface area (Å²) in [6.07, 6.45) is 0. The van der Waals surface area contributed by atoms with Crippen LogP contribution >= 0.6 is 11.6 Å². The minimum atomic E-state index is 0.0103. The van der Waals surface area contributed by atoms with Gasteiger partial charge in [0.1, 0.15) is 13.2 Å². The number of benzene rings is 1. The van der Waals surface area contributed by atoms with Crippen LogP contribution in [0.3, 0.4) is 0 Å². The van der Waals surface area contributed by atoms with Crippen molar-refractivity contribution in [3.05, 3.63) is 22.7 Å². The van der Waals surface area contributed by atoms with Gasteiger partial charge in [0.2, 0.25) is 5.91 Å². The Balaban J connectivity index is 1.99. The molecule has 1 aromatic carbocycles. The second kappa shape index (κ2) is 7.00. The summed E-state index contributed by atoms with van der Waals surface area (Å²) < 4.78 is 11.0. The number of hydrogen-bond donors (Lipinski definition) is 1. The van der Waals surface area contributed by atoms with Crippen LogP contribution < -0.4 is 14.8 Å². The number of nitrogens with zero attached hydrogens (tertiary/aromatic N) is 1. The summed E-state index contributed by atoms with van der Waals surface area (Å²) in [5, 5.41) is 3.41. The number of halogens is 1. The standard InChI is InChI=1S/C15H21ClN2O3/c1-10(2)17-14(19)9-18(3)8-11-6-12(16)15-13(7-11)20-4-5-21-15/h6-7,10H,4-5,8-9H2,1-3H3,(H,17,19). The largest absolute Gasteiger partial charge is 0.486 e. The minimum Gasteiger partial charge on any atom is -0.486 e. The van der Waals surface area contributed by atoms with Gasteiger partial charge in [-0.15, -0.1) is 0 Å². The molecule has 0 radical (unpaired) electrons.